The van der Waals surface area contributed by atoms with Crippen molar-refractivity contribution in [2.24, 2.45) is 0 Å². The van der Waals surface area contributed by atoms with Crippen LogP contribution in [0, 0.1) is 0 Å². The molecule has 0 aliphatic heterocycles. The first-order chi connectivity index (χ1) is 9.58. The molecule has 0 spiro atoms. The topological polar surface area (TPSA) is 68.0 Å². The van der Waals surface area contributed by atoms with Crippen LogP contribution in [0.15, 0.2) is 36.4 Å². The minimum Gasteiger partial charge on any atom is -0.478 e. The normalized spacial score (nSPS) is 10.9. The van der Waals surface area contributed by atoms with E-state index < -0.39 is 5.97 Å². The maximum Gasteiger partial charge on any atom is 0.338 e. The number of carboxylic acids is 1. The first kappa shape index (κ1) is 12.9. The van der Waals surface area contributed by atoms with Crippen LogP contribution in [0.2, 0.25) is 10.0 Å². The summed E-state index contributed by atoms with van der Waals surface area (Å²) in [6, 6.07) is 9.89. The summed E-state index contributed by atoms with van der Waals surface area (Å²) >= 11 is 11.8. The summed E-state index contributed by atoms with van der Waals surface area (Å²) in [6.45, 7) is 0. The van der Waals surface area contributed by atoms with Crippen LogP contribution in [-0.2, 0) is 0 Å². The van der Waals surface area contributed by atoms with Crippen molar-refractivity contribution in [3.05, 3.63) is 52.0 Å². The number of fused-ring (bicyclic) bond motifs is 1. The summed E-state index contributed by atoms with van der Waals surface area (Å²) in [6.07, 6.45) is 0. The monoisotopic (exact) mass is 307 g/mol. The zero-order valence-electron chi connectivity index (χ0n) is 9.92. The minimum atomic E-state index is -1.04. The molecule has 0 unspecified atom stereocenters. The molecular formula is C13H7Cl2N3O2. The highest BCUT2D eigenvalue weighted by atomic mass is 35.5. The summed E-state index contributed by atoms with van der Waals surface area (Å²) in [5.74, 6) is -1.04. The lowest BCUT2D eigenvalue weighted by Gasteiger charge is -2.04. The van der Waals surface area contributed by atoms with Crippen LogP contribution in [0.3, 0.4) is 0 Å². The van der Waals surface area contributed by atoms with Gasteiger partial charge in [0.2, 0.25) is 0 Å². The van der Waals surface area contributed by atoms with Crippen LogP contribution < -0.4 is 0 Å². The molecule has 0 aliphatic rings. The molecule has 0 atom stereocenters. The number of halogens is 2. The second-order valence-corrected chi connectivity index (χ2v) is 4.89. The third-order valence-electron chi connectivity index (χ3n) is 2.86. The molecule has 3 aromatic rings. The second-order valence-electron chi connectivity index (χ2n) is 4.08. The molecule has 0 saturated heterocycles. The SMILES string of the molecule is O=C(O)c1cccc2c1nnn2-c1ccc(Cl)c(Cl)c1. The van der Waals surface area contributed by atoms with Crippen LogP contribution in [0.4, 0.5) is 0 Å². The smallest absolute Gasteiger partial charge is 0.338 e. The minimum absolute atomic E-state index is 0.105. The molecule has 1 aromatic heterocycles. The quantitative estimate of drug-likeness (QED) is 0.787. The van der Waals surface area contributed by atoms with Crippen molar-refractivity contribution in [3.8, 4) is 5.69 Å². The summed E-state index contributed by atoms with van der Waals surface area (Å²) in [5, 5.41) is 17.9. The van der Waals surface area contributed by atoms with Gasteiger partial charge in [0, 0.05) is 0 Å². The fraction of sp³-hybridized carbons (Fsp3) is 0. The molecule has 1 heterocycles. The number of rotatable bonds is 2. The lowest BCUT2D eigenvalue weighted by molar-refractivity contribution is 0.0699. The van der Waals surface area contributed by atoms with Gasteiger partial charge in [0.15, 0.2) is 0 Å². The molecule has 3 rings (SSSR count). The Kier molecular flexibility index (Phi) is 3.08. The van der Waals surface area contributed by atoms with E-state index in [2.05, 4.69) is 10.3 Å². The Bertz CT molecular complexity index is 830. The van der Waals surface area contributed by atoms with Gasteiger partial charge in [-0.1, -0.05) is 34.5 Å². The highest BCUT2D eigenvalue weighted by molar-refractivity contribution is 6.42. The molecule has 1 N–H and O–H groups in total. The molecule has 0 amide bonds. The number of hydrogen-bond acceptors (Lipinski definition) is 3. The molecule has 7 heteroatoms. The summed E-state index contributed by atoms with van der Waals surface area (Å²) in [5.41, 5.74) is 1.67. The Hall–Kier alpha value is -2.11. The van der Waals surface area contributed by atoms with Gasteiger partial charge in [0.1, 0.15) is 5.52 Å². The average Bonchev–Trinajstić information content (AvgIpc) is 2.85. The zero-order valence-corrected chi connectivity index (χ0v) is 11.4. The summed E-state index contributed by atoms with van der Waals surface area (Å²) < 4.78 is 1.52. The van der Waals surface area contributed by atoms with Crippen molar-refractivity contribution >= 4 is 40.2 Å². The molecule has 0 radical (unpaired) electrons. The highest BCUT2D eigenvalue weighted by Gasteiger charge is 2.14. The van der Waals surface area contributed by atoms with E-state index in [9.17, 15) is 4.79 Å². The van der Waals surface area contributed by atoms with E-state index in [0.29, 0.717) is 26.8 Å². The van der Waals surface area contributed by atoms with E-state index >= 15 is 0 Å². The third-order valence-corrected chi connectivity index (χ3v) is 3.59. The highest BCUT2D eigenvalue weighted by Crippen LogP contribution is 2.26. The van der Waals surface area contributed by atoms with Crippen molar-refractivity contribution < 1.29 is 9.90 Å². The Morgan fingerprint density at radius 1 is 1.15 bits per heavy atom. The Morgan fingerprint density at radius 2 is 1.95 bits per heavy atom. The van der Waals surface area contributed by atoms with Crippen molar-refractivity contribution in [2.75, 3.05) is 0 Å². The zero-order chi connectivity index (χ0) is 14.3. The first-order valence-corrected chi connectivity index (χ1v) is 6.36. The number of hydrogen-bond donors (Lipinski definition) is 1. The van der Waals surface area contributed by atoms with Gasteiger partial charge in [0.25, 0.3) is 0 Å². The predicted octanol–water partition coefficient (Wildman–Crippen LogP) is 3.43. The summed E-state index contributed by atoms with van der Waals surface area (Å²) in [7, 11) is 0. The Morgan fingerprint density at radius 3 is 2.65 bits per heavy atom. The number of carbonyl (C=O) groups is 1. The van der Waals surface area contributed by atoms with E-state index in [1.807, 2.05) is 0 Å². The Labute approximate surface area is 123 Å². The lowest BCUT2D eigenvalue weighted by atomic mass is 10.2. The van der Waals surface area contributed by atoms with Gasteiger partial charge >= 0.3 is 5.97 Å². The fourth-order valence-corrected chi connectivity index (χ4v) is 2.22. The van der Waals surface area contributed by atoms with Crippen LogP contribution in [-0.4, -0.2) is 26.1 Å². The van der Waals surface area contributed by atoms with E-state index in [0.717, 1.165) is 0 Å². The molecule has 5 nitrogen and oxygen atoms in total. The van der Waals surface area contributed by atoms with E-state index in [1.165, 1.54) is 10.7 Å². The molecule has 0 fully saturated rings. The lowest BCUT2D eigenvalue weighted by Crippen LogP contribution is -1.98. The van der Waals surface area contributed by atoms with Crippen molar-refractivity contribution in [3.63, 3.8) is 0 Å². The predicted molar refractivity (Wildman–Crippen MR) is 75.8 cm³/mol. The van der Waals surface area contributed by atoms with Crippen molar-refractivity contribution in [1.82, 2.24) is 15.0 Å². The van der Waals surface area contributed by atoms with Crippen molar-refractivity contribution in [1.29, 1.82) is 0 Å². The van der Waals surface area contributed by atoms with Crippen LogP contribution in [0.1, 0.15) is 10.4 Å². The molecule has 100 valence electrons. The maximum atomic E-state index is 11.1. The van der Waals surface area contributed by atoms with Crippen LogP contribution in [0.25, 0.3) is 16.7 Å². The molecule has 20 heavy (non-hydrogen) atoms. The average molecular weight is 308 g/mol. The van der Waals surface area contributed by atoms with Gasteiger partial charge in [-0.15, -0.1) is 5.10 Å². The van der Waals surface area contributed by atoms with E-state index in [-0.39, 0.29) is 5.56 Å². The van der Waals surface area contributed by atoms with E-state index in [1.54, 1.807) is 30.3 Å². The summed E-state index contributed by atoms with van der Waals surface area (Å²) in [4.78, 5) is 11.1. The van der Waals surface area contributed by atoms with Gasteiger partial charge in [-0.2, -0.15) is 0 Å². The number of nitrogens with zero attached hydrogens (tertiary/aromatic N) is 3. The standard InChI is InChI=1S/C13H7Cl2N3O2/c14-9-5-4-7(6-10(9)15)18-11-3-1-2-8(13(19)20)12(11)16-17-18/h1-6H,(H,19,20). The third kappa shape index (κ3) is 2.01. The molecule has 0 saturated carbocycles. The maximum absolute atomic E-state index is 11.1. The number of benzene rings is 2. The van der Waals surface area contributed by atoms with Gasteiger partial charge in [-0.05, 0) is 30.3 Å². The van der Waals surface area contributed by atoms with E-state index in [4.69, 9.17) is 28.3 Å². The molecule has 0 aliphatic carbocycles. The first-order valence-electron chi connectivity index (χ1n) is 5.61. The second kappa shape index (κ2) is 4.77. The number of carboxylic acid groups (broad SMARTS) is 1. The number of aromatic carboxylic acids is 1. The largest absolute Gasteiger partial charge is 0.478 e. The molecular weight excluding hydrogens is 301 g/mol. The number of aromatic nitrogens is 3. The molecule has 2 aromatic carbocycles. The van der Waals surface area contributed by atoms with Crippen LogP contribution >= 0.6 is 23.2 Å². The van der Waals surface area contributed by atoms with Gasteiger partial charge in [-0.3, -0.25) is 0 Å². The van der Waals surface area contributed by atoms with Gasteiger partial charge in [0.05, 0.1) is 26.8 Å². The molecule has 0 bridgehead atoms. The fourth-order valence-electron chi connectivity index (χ4n) is 1.93. The Balaban J connectivity index is 2.25. The van der Waals surface area contributed by atoms with Crippen LogP contribution in [0.5, 0.6) is 0 Å². The van der Waals surface area contributed by atoms with Gasteiger partial charge < -0.3 is 5.11 Å². The van der Waals surface area contributed by atoms with Crippen molar-refractivity contribution in [2.45, 2.75) is 0 Å². The van der Waals surface area contributed by atoms with Gasteiger partial charge in [-0.25, -0.2) is 9.48 Å².